The first kappa shape index (κ1) is 33.7. The third kappa shape index (κ3) is 1610. The zero-order valence-electron chi connectivity index (χ0n) is 13.7. The monoisotopic (exact) mass is 374 g/mol. The van der Waals surface area contributed by atoms with Crippen molar-refractivity contribution in [1.29, 1.82) is 0 Å². The molecule has 0 unspecified atom stereocenters. The molecule has 22 heavy (non-hydrogen) atoms. The molecule has 0 atom stereocenters. The quantitative estimate of drug-likeness (QED) is 0.256. The highest BCUT2D eigenvalue weighted by Crippen LogP contribution is 2.26. The zero-order valence-corrected chi connectivity index (χ0v) is 15.5. The average Bonchev–Trinajstić information content (AvgIpc) is 2.23. The molecule has 0 aliphatic carbocycles. The summed E-state index contributed by atoms with van der Waals surface area (Å²) < 4.78 is 17.8. The lowest BCUT2D eigenvalue weighted by Gasteiger charge is -1.82. The maximum atomic E-state index is 8.88. The highest BCUT2D eigenvalue weighted by molar-refractivity contribution is 7.45. The van der Waals surface area contributed by atoms with Gasteiger partial charge < -0.3 is 39.6 Å². The van der Waals surface area contributed by atoms with Gasteiger partial charge in [-0.05, 0) is 6.92 Å². The van der Waals surface area contributed by atoms with Gasteiger partial charge in [0.1, 0.15) is 6.29 Å². The summed E-state index contributed by atoms with van der Waals surface area (Å²) >= 11 is 0. The SMILES string of the molecule is CC(O)O.CCCC.CCCC.O=P(O)(O)O.O=P(O)(O)O. The van der Waals surface area contributed by atoms with Gasteiger partial charge in [0, 0.05) is 0 Å². The Morgan fingerprint density at radius 2 is 0.682 bits per heavy atom. The maximum Gasteiger partial charge on any atom is 0.466 e. The summed E-state index contributed by atoms with van der Waals surface area (Å²) in [4.78, 5) is 43.1. The summed E-state index contributed by atoms with van der Waals surface area (Å²) in [5.41, 5.74) is 0. The number of aliphatic hydroxyl groups is 2. The van der Waals surface area contributed by atoms with Crippen molar-refractivity contribution in [1.82, 2.24) is 0 Å². The highest BCUT2D eigenvalue weighted by Gasteiger charge is 2.00. The normalized spacial score (nSPS) is 9.73. The predicted molar refractivity (Wildman–Crippen MR) is 83.6 cm³/mol. The smallest absolute Gasteiger partial charge is 0.368 e. The van der Waals surface area contributed by atoms with Crippen LogP contribution >= 0.6 is 15.6 Å². The Morgan fingerprint density at radius 1 is 0.636 bits per heavy atom. The van der Waals surface area contributed by atoms with E-state index in [9.17, 15) is 0 Å². The van der Waals surface area contributed by atoms with E-state index in [4.69, 9.17) is 48.7 Å². The third-order valence-electron chi connectivity index (χ3n) is 1.000. The van der Waals surface area contributed by atoms with E-state index in [1.807, 2.05) is 0 Å². The Balaban J connectivity index is -0.0000000550. The summed E-state index contributed by atoms with van der Waals surface area (Å²) in [6.07, 6.45) is 4.11. The summed E-state index contributed by atoms with van der Waals surface area (Å²) in [5, 5.41) is 15.2. The van der Waals surface area contributed by atoms with E-state index in [2.05, 4.69) is 27.7 Å². The minimum Gasteiger partial charge on any atom is -0.368 e. The van der Waals surface area contributed by atoms with Crippen molar-refractivity contribution in [2.75, 3.05) is 0 Å². The Bertz CT molecular complexity index is 213. The molecule has 8 N–H and O–H groups in total. The fourth-order valence-corrected chi connectivity index (χ4v) is 0. The minimum absolute atomic E-state index is 1.17. The van der Waals surface area contributed by atoms with E-state index in [1.54, 1.807) is 0 Å². The molecule has 0 saturated heterocycles. The van der Waals surface area contributed by atoms with Crippen LogP contribution in [0.4, 0.5) is 0 Å². The molecule has 142 valence electrons. The Kier molecular flexibility index (Phi) is 35.8. The van der Waals surface area contributed by atoms with Crippen molar-refractivity contribution in [3.63, 3.8) is 0 Å². The van der Waals surface area contributed by atoms with E-state index in [-0.39, 0.29) is 0 Å². The maximum absolute atomic E-state index is 8.88. The second-order valence-corrected chi connectivity index (χ2v) is 5.71. The van der Waals surface area contributed by atoms with Crippen molar-refractivity contribution in [2.24, 2.45) is 0 Å². The Morgan fingerprint density at radius 3 is 0.682 bits per heavy atom. The molecular formula is C10H32O10P2. The van der Waals surface area contributed by atoms with Gasteiger partial charge in [-0.1, -0.05) is 53.4 Å². The van der Waals surface area contributed by atoms with Crippen LogP contribution in [-0.2, 0) is 9.13 Å². The van der Waals surface area contributed by atoms with Crippen LogP contribution in [0.15, 0.2) is 0 Å². The molecule has 0 rings (SSSR count). The van der Waals surface area contributed by atoms with Crippen LogP contribution in [0.5, 0.6) is 0 Å². The number of hydrogen-bond acceptors (Lipinski definition) is 4. The standard InChI is InChI=1S/2C4H10.C2H6O2.2H3O4P/c2*1-3-4-2;1-2(3)4;2*1-5(2,3)4/h2*3-4H2,1-2H3;2-4H,1H3;2*(H3,1,2,3,4). The van der Waals surface area contributed by atoms with Crippen molar-refractivity contribution < 1.29 is 48.7 Å². The lowest BCUT2D eigenvalue weighted by molar-refractivity contribution is -0.0228. The summed E-state index contributed by atoms with van der Waals surface area (Å²) in [6.45, 7) is 10.0. The van der Waals surface area contributed by atoms with Crippen LogP contribution in [0, 0.1) is 0 Å². The second-order valence-electron chi connectivity index (χ2n) is 3.66. The fraction of sp³-hybridized carbons (Fsp3) is 1.00. The molecule has 12 heteroatoms. The van der Waals surface area contributed by atoms with Gasteiger partial charge in [0.2, 0.25) is 0 Å². The van der Waals surface area contributed by atoms with Gasteiger partial charge in [0.25, 0.3) is 0 Å². The van der Waals surface area contributed by atoms with Crippen LogP contribution < -0.4 is 0 Å². The topological polar surface area (TPSA) is 196 Å². The van der Waals surface area contributed by atoms with Gasteiger partial charge in [-0.25, -0.2) is 9.13 Å². The van der Waals surface area contributed by atoms with E-state index >= 15 is 0 Å². The van der Waals surface area contributed by atoms with Crippen LogP contribution in [0.3, 0.4) is 0 Å². The molecule has 0 aromatic heterocycles. The molecule has 0 amide bonds. The second kappa shape index (κ2) is 23.4. The van der Waals surface area contributed by atoms with E-state index in [0.717, 1.165) is 0 Å². The summed E-state index contributed by atoms with van der Waals surface area (Å²) in [5.74, 6) is 0. The van der Waals surface area contributed by atoms with Gasteiger partial charge in [-0.3, -0.25) is 0 Å². The van der Waals surface area contributed by atoms with Crippen molar-refractivity contribution >= 4 is 15.6 Å². The molecule has 0 aromatic carbocycles. The van der Waals surface area contributed by atoms with Crippen LogP contribution in [-0.4, -0.2) is 45.9 Å². The Labute approximate surface area is 132 Å². The molecule has 0 bridgehead atoms. The number of rotatable bonds is 2. The predicted octanol–water partition coefficient (Wildman–Crippen LogP) is 1.07. The van der Waals surface area contributed by atoms with E-state index in [0.29, 0.717) is 0 Å². The number of aliphatic hydroxyl groups excluding tert-OH is 1. The molecule has 10 nitrogen and oxygen atoms in total. The molecule has 0 radical (unpaired) electrons. The molecule has 0 heterocycles. The lowest BCUT2D eigenvalue weighted by atomic mass is 10.4. The van der Waals surface area contributed by atoms with Gasteiger partial charge in [-0.2, -0.15) is 0 Å². The summed E-state index contributed by atoms with van der Waals surface area (Å²) in [7, 11) is -9.28. The van der Waals surface area contributed by atoms with Crippen LogP contribution in [0.25, 0.3) is 0 Å². The average molecular weight is 374 g/mol. The molecule has 0 spiro atoms. The number of unbranched alkanes of at least 4 members (excludes halogenated alkanes) is 2. The van der Waals surface area contributed by atoms with Gasteiger partial charge in [0.15, 0.2) is 0 Å². The largest absolute Gasteiger partial charge is 0.466 e. The van der Waals surface area contributed by atoms with Crippen molar-refractivity contribution in [2.45, 2.75) is 66.6 Å². The Hall–Kier alpha value is 0.140. The van der Waals surface area contributed by atoms with Gasteiger partial charge >= 0.3 is 15.6 Å². The van der Waals surface area contributed by atoms with Crippen molar-refractivity contribution in [3.05, 3.63) is 0 Å². The van der Waals surface area contributed by atoms with Gasteiger partial charge in [0.05, 0.1) is 0 Å². The zero-order chi connectivity index (χ0) is 19.4. The molecule has 0 aliphatic heterocycles. The lowest BCUT2D eigenvalue weighted by Crippen LogP contribution is -1.92. The molecule has 0 fully saturated rings. The minimum atomic E-state index is -4.64. The van der Waals surface area contributed by atoms with Crippen molar-refractivity contribution in [3.8, 4) is 0 Å². The van der Waals surface area contributed by atoms with Crippen LogP contribution in [0.1, 0.15) is 60.3 Å². The highest BCUT2D eigenvalue weighted by atomic mass is 31.2. The first-order valence-corrected chi connectivity index (χ1v) is 9.62. The fourth-order valence-electron chi connectivity index (χ4n) is 0. The van der Waals surface area contributed by atoms with E-state index < -0.39 is 21.9 Å². The van der Waals surface area contributed by atoms with E-state index in [1.165, 1.54) is 32.6 Å². The summed E-state index contributed by atoms with van der Waals surface area (Å²) in [6, 6.07) is 0. The van der Waals surface area contributed by atoms with Gasteiger partial charge in [-0.15, -0.1) is 0 Å². The number of phosphoric acid groups is 2. The number of hydrogen-bond donors (Lipinski definition) is 8. The molecule has 0 saturated carbocycles. The van der Waals surface area contributed by atoms with Crippen LogP contribution in [0.2, 0.25) is 0 Å². The first-order chi connectivity index (χ1) is 9.56. The first-order valence-electron chi connectivity index (χ1n) is 6.49. The third-order valence-corrected chi connectivity index (χ3v) is 1.000. The molecule has 0 aromatic rings. The molecule has 0 aliphatic rings. The molecular weight excluding hydrogens is 342 g/mol.